The fourth-order valence-corrected chi connectivity index (χ4v) is 4.25. The van der Waals surface area contributed by atoms with Gasteiger partial charge in [0.15, 0.2) is 0 Å². The number of benzene rings is 2. The topological polar surface area (TPSA) is 27.1 Å². The van der Waals surface area contributed by atoms with Crippen LogP contribution in [0, 0.1) is 0 Å². The highest BCUT2D eigenvalue weighted by Crippen LogP contribution is 2.34. The molecule has 0 unspecified atom stereocenters. The zero-order valence-corrected chi connectivity index (χ0v) is 17.9. The third-order valence-electron chi connectivity index (χ3n) is 5.39. The molecule has 1 fully saturated rings. The maximum atomic E-state index is 12.5. The first-order valence-corrected chi connectivity index (χ1v) is 10.9. The molecule has 2 aromatic carbocycles. The summed E-state index contributed by atoms with van der Waals surface area (Å²) in [4.78, 5) is 0. The zero-order valence-electron chi connectivity index (χ0n) is 16.3. The summed E-state index contributed by atoms with van der Waals surface area (Å²) in [6.07, 6.45) is 1.74. The van der Waals surface area contributed by atoms with Gasteiger partial charge in [0.25, 0.3) is 0 Å². The van der Waals surface area contributed by atoms with E-state index >= 15 is 0 Å². The van der Waals surface area contributed by atoms with Crippen molar-refractivity contribution in [1.82, 2.24) is 9.78 Å². The minimum absolute atomic E-state index is 0.218. The molecule has 0 aliphatic heterocycles. The molecule has 0 amide bonds. The molecule has 0 bridgehead atoms. The molecule has 0 atom stereocenters. The molecule has 0 N–H and O–H groups in total. The minimum atomic E-state index is -4.69. The van der Waals surface area contributed by atoms with Crippen molar-refractivity contribution in [2.24, 2.45) is 0 Å². The molecule has 3 nitrogen and oxygen atoms in total. The Balaban J connectivity index is 1.64. The van der Waals surface area contributed by atoms with Crippen LogP contribution in [0.5, 0.6) is 5.75 Å². The van der Waals surface area contributed by atoms with E-state index in [0.29, 0.717) is 12.5 Å². The van der Waals surface area contributed by atoms with Gasteiger partial charge in [-0.1, -0.05) is 47.3 Å². The van der Waals surface area contributed by atoms with Crippen LogP contribution in [0.25, 0.3) is 11.3 Å². The number of hydrogen-bond donors (Lipinski definition) is 0. The van der Waals surface area contributed by atoms with E-state index in [0.717, 1.165) is 39.8 Å². The van der Waals surface area contributed by atoms with Crippen molar-refractivity contribution in [3.05, 3.63) is 70.3 Å². The van der Waals surface area contributed by atoms with Crippen LogP contribution in [0.2, 0.25) is 0 Å². The second kappa shape index (κ2) is 8.84. The average Bonchev–Trinajstić information content (AvgIpc) is 3.14. The number of hydrogen-bond acceptors (Lipinski definition) is 2. The van der Waals surface area contributed by atoms with Crippen molar-refractivity contribution in [3.63, 3.8) is 0 Å². The molecule has 4 rings (SSSR count). The fraction of sp³-hybridized carbons (Fsp3) is 0.348. The summed E-state index contributed by atoms with van der Waals surface area (Å²) in [5, 5.41) is 4.90. The van der Waals surface area contributed by atoms with Gasteiger partial charge in [-0.05, 0) is 60.9 Å². The lowest BCUT2D eigenvalue weighted by molar-refractivity contribution is -0.274. The molecule has 0 spiro atoms. The van der Waals surface area contributed by atoms with E-state index < -0.39 is 6.36 Å². The number of aromatic nitrogens is 2. The van der Waals surface area contributed by atoms with Crippen LogP contribution in [0.1, 0.15) is 49.4 Å². The molecule has 1 aliphatic carbocycles. The van der Waals surface area contributed by atoms with Gasteiger partial charge < -0.3 is 4.74 Å². The summed E-state index contributed by atoms with van der Waals surface area (Å²) in [6, 6.07) is 16.6. The Hall–Kier alpha value is -2.28. The zero-order chi connectivity index (χ0) is 21.1. The quantitative estimate of drug-likeness (QED) is 0.384. The van der Waals surface area contributed by atoms with Crippen LogP contribution >= 0.6 is 15.9 Å². The summed E-state index contributed by atoms with van der Waals surface area (Å²) in [5.74, 6) is -0.218. The highest BCUT2D eigenvalue weighted by atomic mass is 79.9. The Morgan fingerprint density at radius 1 is 0.967 bits per heavy atom. The largest absolute Gasteiger partial charge is 0.573 e. The predicted molar refractivity (Wildman–Crippen MR) is 113 cm³/mol. The molecule has 1 aromatic heterocycles. The van der Waals surface area contributed by atoms with Gasteiger partial charge in [-0.15, -0.1) is 13.2 Å². The van der Waals surface area contributed by atoms with Gasteiger partial charge in [0, 0.05) is 16.5 Å². The first-order valence-electron chi connectivity index (χ1n) is 10.1. The smallest absolute Gasteiger partial charge is 0.406 e. The van der Waals surface area contributed by atoms with E-state index in [1.807, 2.05) is 12.1 Å². The van der Waals surface area contributed by atoms with E-state index in [4.69, 9.17) is 5.10 Å². The lowest BCUT2D eigenvalue weighted by Crippen LogP contribution is -2.17. The van der Waals surface area contributed by atoms with Crippen LogP contribution in [0.15, 0.2) is 59.1 Å². The lowest BCUT2D eigenvalue weighted by Gasteiger charge is -2.24. The summed E-state index contributed by atoms with van der Waals surface area (Å²) in [7, 11) is 0. The van der Waals surface area contributed by atoms with Crippen molar-refractivity contribution < 1.29 is 17.9 Å². The Morgan fingerprint density at radius 3 is 2.27 bits per heavy atom. The van der Waals surface area contributed by atoms with Crippen molar-refractivity contribution in [2.75, 3.05) is 0 Å². The molecular weight excluding hydrogens is 457 g/mol. The highest BCUT2D eigenvalue weighted by Gasteiger charge is 2.31. The number of rotatable bonds is 5. The minimum Gasteiger partial charge on any atom is -0.406 e. The third-order valence-corrected chi connectivity index (χ3v) is 5.92. The van der Waals surface area contributed by atoms with E-state index in [2.05, 4.69) is 43.5 Å². The second-order valence-electron chi connectivity index (χ2n) is 7.63. The molecule has 7 heteroatoms. The summed E-state index contributed by atoms with van der Waals surface area (Å²) >= 11 is 3.45. The van der Waals surface area contributed by atoms with Gasteiger partial charge in [-0.25, -0.2) is 0 Å². The second-order valence-corrected chi connectivity index (χ2v) is 8.55. The van der Waals surface area contributed by atoms with Crippen molar-refractivity contribution in [2.45, 2.75) is 50.9 Å². The summed E-state index contributed by atoms with van der Waals surface area (Å²) in [5.41, 5.74) is 3.89. The van der Waals surface area contributed by atoms with E-state index in [1.165, 1.54) is 31.4 Å². The summed E-state index contributed by atoms with van der Waals surface area (Å²) in [6.45, 7) is 0. The van der Waals surface area contributed by atoms with Gasteiger partial charge in [-0.3, -0.25) is 4.68 Å². The van der Waals surface area contributed by atoms with Crippen molar-refractivity contribution in [1.29, 1.82) is 0 Å². The van der Waals surface area contributed by atoms with Crippen LogP contribution in [-0.4, -0.2) is 16.1 Å². The van der Waals surface area contributed by atoms with Gasteiger partial charge in [0.2, 0.25) is 0 Å². The molecule has 0 radical (unpaired) electrons. The monoisotopic (exact) mass is 478 g/mol. The van der Waals surface area contributed by atoms with Gasteiger partial charge >= 0.3 is 6.36 Å². The average molecular weight is 479 g/mol. The van der Waals surface area contributed by atoms with Crippen LogP contribution in [0.4, 0.5) is 13.2 Å². The van der Waals surface area contributed by atoms with Crippen molar-refractivity contribution >= 4 is 15.9 Å². The maximum absolute atomic E-state index is 12.5. The Morgan fingerprint density at radius 2 is 1.63 bits per heavy atom. The standard InChI is InChI=1S/C23H22BrF3N2O/c24-18-10-6-16(7-11-18)14-19-15-22(29(28-19)20-4-2-1-3-5-20)17-8-12-21(13-9-17)30-23(25,26)27/h6-13,15,20H,1-5,14H2. The van der Waals surface area contributed by atoms with Crippen LogP contribution in [0.3, 0.4) is 0 Å². The van der Waals surface area contributed by atoms with Crippen molar-refractivity contribution in [3.8, 4) is 17.0 Å². The SMILES string of the molecule is FC(F)(F)Oc1ccc(-c2cc(Cc3ccc(Br)cc3)nn2C2CCCCC2)cc1. The molecule has 1 saturated carbocycles. The number of halogens is 4. The molecule has 30 heavy (non-hydrogen) atoms. The van der Waals surface area contributed by atoms with E-state index in [9.17, 15) is 13.2 Å². The number of nitrogens with zero attached hydrogens (tertiary/aromatic N) is 2. The Bertz CT molecular complexity index is 975. The Kier molecular flexibility index (Phi) is 6.18. The first kappa shape index (κ1) is 21.0. The molecule has 158 valence electrons. The molecule has 3 aromatic rings. The van der Waals surface area contributed by atoms with Gasteiger partial charge in [0.1, 0.15) is 5.75 Å². The van der Waals surface area contributed by atoms with Crippen LogP contribution < -0.4 is 4.74 Å². The van der Waals surface area contributed by atoms with E-state index in [-0.39, 0.29) is 5.75 Å². The lowest BCUT2D eigenvalue weighted by atomic mass is 9.95. The normalized spacial score (nSPS) is 15.3. The number of ether oxygens (including phenoxy) is 1. The third kappa shape index (κ3) is 5.25. The van der Waals surface area contributed by atoms with E-state index in [1.54, 1.807) is 12.1 Å². The van der Waals surface area contributed by atoms with Gasteiger partial charge in [-0.2, -0.15) is 5.10 Å². The van der Waals surface area contributed by atoms with Gasteiger partial charge in [0.05, 0.1) is 17.4 Å². The predicted octanol–water partition coefficient (Wildman–Crippen LogP) is 7.31. The van der Waals surface area contributed by atoms with Crippen LogP contribution in [-0.2, 0) is 6.42 Å². The summed E-state index contributed by atoms with van der Waals surface area (Å²) < 4.78 is 44.5. The molecular formula is C23H22BrF3N2O. The number of alkyl halides is 3. The fourth-order valence-electron chi connectivity index (χ4n) is 3.99. The Labute approximate surface area is 182 Å². The molecule has 0 saturated heterocycles. The molecule has 1 aliphatic rings. The highest BCUT2D eigenvalue weighted by molar-refractivity contribution is 9.10. The molecule has 1 heterocycles. The maximum Gasteiger partial charge on any atom is 0.573 e. The first-order chi connectivity index (χ1) is 14.4.